The van der Waals surface area contributed by atoms with Gasteiger partial charge in [0, 0.05) is 12.1 Å². The molecule has 1 heterocycles. The summed E-state index contributed by atoms with van der Waals surface area (Å²) in [6.45, 7) is 0.595. The van der Waals surface area contributed by atoms with Crippen molar-refractivity contribution in [2.24, 2.45) is 0 Å². The zero-order chi connectivity index (χ0) is 14.7. The van der Waals surface area contributed by atoms with Gasteiger partial charge in [0.05, 0.1) is 17.0 Å². The lowest BCUT2D eigenvalue weighted by molar-refractivity contribution is -0.384. The fourth-order valence-corrected chi connectivity index (χ4v) is 2.05. The van der Waals surface area contributed by atoms with E-state index in [0.29, 0.717) is 6.54 Å². The molecule has 0 N–H and O–H groups in total. The molecule has 3 rings (SSSR count). The molecule has 21 heavy (non-hydrogen) atoms. The summed E-state index contributed by atoms with van der Waals surface area (Å²) < 4.78 is 1.80. The van der Waals surface area contributed by atoms with Gasteiger partial charge >= 0.3 is 0 Å². The van der Waals surface area contributed by atoms with Crippen LogP contribution >= 0.6 is 0 Å². The highest BCUT2D eigenvalue weighted by Gasteiger charge is 2.03. The molecule has 0 radical (unpaired) electrons. The van der Waals surface area contributed by atoms with Crippen molar-refractivity contribution in [3.63, 3.8) is 0 Å². The summed E-state index contributed by atoms with van der Waals surface area (Å²) in [5.74, 6) is 0. The Morgan fingerprint density at radius 2 is 1.90 bits per heavy atom. The fourth-order valence-electron chi connectivity index (χ4n) is 2.05. The number of benzene rings is 2. The van der Waals surface area contributed by atoms with Crippen LogP contribution in [0.25, 0.3) is 17.1 Å². The smallest absolute Gasteiger partial charge is 0.258 e. The summed E-state index contributed by atoms with van der Waals surface area (Å²) >= 11 is 0. The molecular weight excluding hydrogens is 268 g/mol. The molecule has 0 atom stereocenters. The first-order valence-corrected chi connectivity index (χ1v) is 6.43. The number of fused-ring (bicyclic) bond motifs is 1. The molecule has 0 unspecified atom stereocenters. The van der Waals surface area contributed by atoms with Crippen molar-refractivity contribution in [3.8, 4) is 0 Å². The van der Waals surface area contributed by atoms with Crippen LogP contribution in [0.3, 0.4) is 0 Å². The zero-order valence-electron chi connectivity index (χ0n) is 11.1. The average Bonchev–Trinajstić information content (AvgIpc) is 2.91. The number of allylic oxidation sites excluding steroid dienone is 1. The van der Waals surface area contributed by atoms with E-state index < -0.39 is 4.92 Å². The van der Waals surface area contributed by atoms with E-state index in [4.69, 9.17) is 0 Å². The summed E-state index contributed by atoms with van der Waals surface area (Å²) in [4.78, 5) is 10.2. The van der Waals surface area contributed by atoms with E-state index in [0.717, 1.165) is 16.6 Å². The van der Waals surface area contributed by atoms with Crippen LogP contribution in [0.2, 0.25) is 0 Å². The first-order valence-electron chi connectivity index (χ1n) is 6.43. The minimum absolute atomic E-state index is 0.0921. The van der Waals surface area contributed by atoms with Gasteiger partial charge in [-0.15, -0.1) is 5.10 Å². The Balaban J connectivity index is 1.73. The second-order valence-corrected chi connectivity index (χ2v) is 4.51. The minimum Gasteiger partial charge on any atom is -0.258 e. The third kappa shape index (κ3) is 2.79. The van der Waals surface area contributed by atoms with Crippen molar-refractivity contribution in [1.82, 2.24) is 15.0 Å². The second kappa shape index (κ2) is 5.54. The Kier molecular flexibility index (Phi) is 3.42. The molecule has 3 aromatic rings. The number of rotatable bonds is 4. The molecule has 0 aliphatic heterocycles. The van der Waals surface area contributed by atoms with Gasteiger partial charge in [-0.2, -0.15) is 0 Å². The van der Waals surface area contributed by atoms with Crippen LogP contribution in [0.1, 0.15) is 5.56 Å². The van der Waals surface area contributed by atoms with Crippen LogP contribution in [0.4, 0.5) is 5.69 Å². The minimum atomic E-state index is -0.408. The van der Waals surface area contributed by atoms with E-state index in [1.807, 2.05) is 36.4 Å². The molecule has 0 saturated carbocycles. The highest BCUT2D eigenvalue weighted by atomic mass is 16.6. The van der Waals surface area contributed by atoms with Gasteiger partial charge < -0.3 is 0 Å². The Morgan fingerprint density at radius 3 is 2.67 bits per heavy atom. The molecule has 6 nitrogen and oxygen atoms in total. The molecule has 2 aromatic carbocycles. The predicted octanol–water partition coefficient (Wildman–Crippen LogP) is 3.05. The van der Waals surface area contributed by atoms with Gasteiger partial charge in [-0.25, -0.2) is 4.68 Å². The summed E-state index contributed by atoms with van der Waals surface area (Å²) in [6.07, 6.45) is 3.85. The number of hydrogen-bond donors (Lipinski definition) is 0. The van der Waals surface area contributed by atoms with Crippen LogP contribution in [0.5, 0.6) is 0 Å². The predicted molar refractivity (Wildman–Crippen MR) is 79.7 cm³/mol. The molecule has 6 heteroatoms. The lowest BCUT2D eigenvalue weighted by Gasteiger charge is -1.97. The van der Waals surface area contributed by atoms with Crippen LogP contribution < -0.4 is 0 Å². The van der Waals surface area contributed by atoms with Crippen molar-refractivity contribution in [1.29, 1.82) is 0 Å². The molecule has 1 aromatic heterocycles. The highest BCUT2D eigenvalue weighted by molar-refractivity contribution is 5.73. The SMILES string of the molecule is O=[N+]([O-])c1ccc(/C=C/Cn2nnc3ccccc32)cc1. The molecule has 0 aliphatic carbocycles. The van der Waals surface area contributed by atoms with Gasteiger partial charge in [0.25, 0.3) is 5.69 Å². The first kappa shape index (κ1) is 13.0. The van der Waals surface area contributed by atoms with E-state index in [2.05, 4.69) is 10.3 Å². The van der Waals surface area contributed by atoms with Gasteiger partial charge in [0.2, 0.25) is 0 Å². The molecule has 0 amide bonds. The van der Waals surface area contributed by atoms with E-state index in [-0.39, 0.29) is 5.69 Å². The zero-order valence-corrected chi connectivity index (χ0v) is 11.1. The van der Waals surface area contributed by atoms with Crippen molar-refractivity contribution in [2.45, 2.75) is 6.54 Å². The van der Waals surface area contributed by atoms with Gasteiger partial charge in [0.1, 0.15) is 5.52 Å². The number of nitro benzene ring substituents is 1. The maximum Gasteiger partial charge on any atom is 0.269 e. The largest absolute Gasteiger partial charge is 0.269 e. The Hall–Kier alpha value is -3.02. The molecule has 0 aliphatic rings. The lowest BCUT2D eigenvalue weighted by Crippen LogP contribution is -1.97. The molecule has 104 valence electrons. The van der Waals surface area contributed by atoms with E-state index in [9.17, 15) is 10.1 Å². The molecule has 0 bridgehead atoms. The van der Waals surface area contributed by atoms with Crippen molar-refractivity contribution >= 4 is 22.8 Å². The summed E-state index contributed by atoms with van der Waals surface area (Å²) in [7, 11) is 0. The summed E-state index contributed by atoms with van der Waals surface area (Å²) in [6, 6.07) is 14.2. The third-order valence-corrected chi connectivity index (χ3v) is 3.11. The maximum atomic E-state index is 10.6. The summed E-state index contributed by atoms with van der Waals surface area (Å²) in [5, 5.41) is 18.7. The number of nitro groups is 1. The van der Waals surface area contributed by atoms with E-state index in [1.54, 1.807) is 16.8 Å². The van der Waals surface area contributed by atoms with Gasteiger partial charge in [-0.3, -0.25) is 10.1 Å². The Morgan fingerprint density at radius 1 is 1.14 bits per heavy atom. The fraction of sp³-hybridized carbons (Fsp3) is 0.0667. The highest BCUT2D eigenvalue weighted by Crippen LogP contribution is 2.13. The van der Waals surface area contributed by atoms with Crippen molar-refractivity contribution < 1.29 is 4.92 Å². The van der Waals surface area contributed by atoms with Gasteiger partial charge in [-0.05, 0) is 29.8 Å². The van der Waals surface area contributed by atoms with Crippen molar-refractivity contribution in [2.75, 3.05) is 0 Å². The maximum absolute atomic E-state index is 10.6. The number of aromatic nitrogens is 3. The third-order valence-electron chi connectivity index (χ3n) is 3.11. The van der Waals surface area contributed by atoms with Crippen LogP contribution in [0.15, 0.2) is 54.6 Å². The lowest BCUT2D eigenvalue weighted by atomic mass is 10.2. The number of nitrogens with zero attached hydrogens (tertiary/aromatic N) is 4. The van der Waals surface area contributed by atoms with Crippen LogP contribution in [-0.2, 0) is 6.54 Å². The van der Waals surface area contributed by atoms with Gasteiger partial charge in [-0.1, -0.05) is 29.5 Å². The first-order chi connectivity index (χ1) is 10.2. The van der Waals surface area contributed by atoms with Crippen LogP contribution in [0, 0.1) is 10.1 Å². The van der Waals surface area contributed by atoms with Gasteiger partial charge in [0.15, 0.2) is 0 Å². The number of non-ortho nitro benzene ring substituents is 1. The summed E-state index contributed by atoms with van der Waals surface area (Å²) in [5.41, 5.74) is 2.84. The molecular formula is C15H12N4O2. The van der Waals surface area contributed by atoms with Crippen molar-refractivity contribution in [3.05, 3.63) is 70.3 Å². The molecule has 0 spiro atoms. The number of hydrogen-bond acceptors (Lipinski definition) is 4. The Bertz CT molecular complexity index is 806. The normalized spacial score (nSPS) is 11.2. The number of para-hydroxylation sites is 1. The van der Waals surface area contributed by atoms with E-state index in [1.165, 1.54) is 12.1 Å². The quantitative estimate of drug-likeness (QED) is 0.543. The molecule has 0 saturated heterocycles. The van der Waals surface area contributed by atoms with Crippen LogP contribution in [-0.4, -0.2) is 19.9 Å². The second-order valence-electron chi connectivity index (χ2n) is 4.51. The van der Waals surface area contributed by atoms with E-state index >= 15 is 0 Å². The monoisotopic (exact) mass is 280 g/mol. The molecule has 0 fully saturated rings. The topological polar surface area (TPSA) is 73.8 Å². The standard InChI is InChI=1S/C15H12N4O2/c20-19(21)13-9-7-12(8-10-13)4-3-11-18-15-6-2-1-5-14(15)16-17-18/h1-10H,11H2/b4-3+. The Labute approximate surface area is 120 Å². The average molecular weight is 280 g/mol.